The Morgan fingerprint density at radius 2 is 1.70 bits per heavy atom. The molecule has 3 saturated carbocycles. The molecule has 37 heavy (non-hydrogen) atoms. The van der Waals surface area contributed by atoms with Gasteiger partial charge in [0.15, 0.2) is 11.5 Å². The predicted octanol–water partition coefficient (Wildman–Crippen LogP) is 3.75. The molecule has 0 unspecified atom stereocenters. The van der Waals surface area contributed by atoms with Crippen LogP contribution in [0.3, 0.4) is 0 Å². The largest absolute Gasteiger partial charge is 0.481 e. The van der Waals surface area contributed by atoms with Crippen molar-refractivity contribution in [1.82, 2.24) is 25.2 Å². The Kier molecular flexibility index (Phi) is 6.35. The normalized spacial score (nSPS) is 22.7. The van der Waals surface area contributed by atoms with Crippen LogP contribution >= 0.6 is 11.6 Å². The summed E-state index contributed by atoms with van der Waals surface area (Å²) in [5.41, 5.74) is -0.832. The van der Waals surface area contributed by atoms with Crippen LogP contribution in [0.2, 0.25) is 5.02 Å². The highest BCUT2D eigenvalue weighted by Gasteiger charge is 2.52. The highest BCUT2D eigenvalue weighted by atomic mass is 35.5. The fourth-order valence-corrected chi connectivity index (χ4v) is 5.55. The fraction of sp³-hybridized carbons (Fsp3) is 0.400. The van der Waals surface area contributed by atoms with Gasteiger partial charge in [-0.05, 0) is 61.6 Å². The lowest BCUT2D eigenvalue weighted by Gasteiger charge is -2.51. The van der Waals surface area contributed by atoms with Crippen LogP contribution in [0.5, 0.6) is 0 Å². The average molecular weight is 532 g/mol. The van der Waals surface area contributed by atoms with Gasteiger partial charge in [0.1, 0.15) is 17.2 Å². The molecule has 0 atom stereocenters. The molecular weight excluding hydrogens is 508 g/mol. The zero-order chi connectivity index (χ0) is 26.4. The van der Waals surface area contributed by atoms with Gasteiger partial charge < -0.3 is 15.7 Å². The summed E-state index contributed by atoms with van der Waals surface area (Å²) in [5, 5.41) is 18.9. The number of amides is 2. The standard InChI is InChI=1S/C25H24ClF2N5O4/c26-15-9-14(1-2-16(15)27)11-29-21(34)18-10-19(33-20(32-18)17(28)12-31-33)22(35)30-13-24-3-6-25(7-4-24,8-5-24)23(36)37/h1-2,9-10,12H,3-8,11,13H2,(H,29,34)(H,30,35)(H,36,37). The molecule has 9 nitrogen and oxygen atoms in total. The van der Waals surface area contributed by atoms with Gasteiger partial charge in [0, 0.05) is 19.2 Å². The first-order valence-electron chi connectivity index (χ1n) is 11.9. The zero-order valence-corrected chi connectivity index (χ0v) is 20.4. The Hall–Kier alpha value is -3.60. The van der Waals surface area contributed by atoms with Crippen LogP contribution in [0.1, 0.15) is 65.1 Å². The van der Waals surface area contributed by atoms with Crippen LogP contribution in [0.15, 0.2) is 30.5 Å². The first-order valence-corrected chi connectivity index (χ1v) is 12.3. The van der Waals surface area contributed by atoms with Gasteiger partial charge in [-0.25, -0.2) is 18.3 Å². The van der Waals surface area contributed by atoms with E-state index in [4.69, 9.17) is 11.6 Å². The molecule has 3 aliphatic rings. The number of benzene rings is 1. The van der Waals surface area contributed by atoms with Crippen molar-refractivity contribution in [3.8, 4) is 0 Å². The van der Waals surface area contributed by atoms with Crippen molar-refractivity contribution in [3.05, 3.63) is 64.1 Å². The van der Waals surface area contributed by atoms with Gasteiger partial charge in [0.2, 0.25) is 0 Å². The average Bonchev–Trinajstić information content (AvgIpc) is 3.28. The zero-order valence-electron chi connectivity index (χ0n) is 19.7. The summed E-state index contributed by atoms with van der Waals surface area (Å²) >= 11 is 5.78. The number of rotatable bonds is 7. The summed E-state index contributed by atoms with van der Waals surface area (Å²) in [4.78, 5) is 41.7. The molecule has 2 amide bonds. The van der Waals surface area contributed by atoms with Crippen molar-refractivity contribution in [1.29, 1.82) is 0 Å². The summed E-state index contributed by atoms with van der Waals surface area (Å²) < 4.78 is 28.8. The highest BCUT2D eigenvalue weighted by molar-refractivity contribution is 6.30. The summed E-state index contributed by atoms with van der Waals surface area (Å²) in [5.74, 6) is -3.35. The van der Waals surface area contributed by atoms with E-state index in [2.05, 4.69) is 20.7 Å². The molecule has 0 spiro atoms. The molecule has 0 aliphatic heterocycles. The predicted molar refractivity (Wildman–Crippen MR) is 128 cm³/mol. The van der Waals surface area contributed by atoms with Crippen LogP contribution in [0.4, 0.5) is 8.78 Å². The Morgan fingerprint density at radius 3 is 2.35 bits per heavy atom. The molecule has 2 bridgehead atoms. The summed E-state index contributed by atoms with van der Waals surface area (Å²) in [6, 6.07) is 5.25. The van der Waals surface area contributed by atoms with E-state index in [0.29, 0.717) is 50.6 Å². The van der Waals surface area contributed by atoms with Crippen LogP contribution in [-0.4, -0.2) is 44.0 Å². The Labute approximate surface area is 215 Å². The number of halogens is 3. The maximum absolute atomic E-state index is 14.4. The monoisotopic (exact) mass is 531 g/mol. The minimum Gasteiger partial charge on any atom is -0.481 e. The second-order valence-electron chi connectivity index (χ2n) is 9.95. The molecule has 3 fully saturated rings. The second kappa shape index (κ2) is 9.37. The number of nitrogens with one attached hydrogen (secondary N) is 2. The van der Waals surface area contributed by atoms with Crippen LogP contribution < -0.4 is 10.6 Å². The highest BCUT2D eigenvalue weighted by Crippen LogP contribution is 2.56. The van der Waals surface area contributed by atoms with Crippen molar-refractivity contribution < 1.29 is 28.3 Å². The smallest absolute Gasteiger partial charge is 0.309 e. The molecule has 3 aliphatic carbocycles. The molecule has 6 rings (SSSR count). The number of hydrogen-bond donors (Lipinski definition) is 3. The maximum atomic E-state index is 14.4. The topological polar surface area (TPSA) is 126 Å². The molecule has 2 heterocycles. The van der Waals surface area contributed by atoms with Crippen molar-refractivity contribution in [2.24, 2.45) is 10.8 Å². The van der Waals surface area contributed by atoms with Gasteiger partial charge in [0.25, 0.3) is 11.8 Å². The molecule has 3 aromatic rings. The summed E-state index contributed by atoms with van der Waals surface area (Å²) in [7, 11) is 0. The number of carbonyl (C=O) groups excluding carboxylic acids is 2. The number of hydrogen-bond acceptors (Lipinski definition) is 5. The first kappa shape index (κ1) is 25.1. The van der Waals surface area contributed by atoms with Gasteiger partial charge >= 0.3 is 5.97 Å². The number of aromatic nitrogens is 3. The number of carboxylic acids is 1. The van der Waals surface area contributed by atoms with E-state index < -0.39 is 34.8 Å². The molecule has 0 saturated heterocycles. The Balaban J connectivity index is 1.32. The quantitative estimate of drug-likeness (QED) is 0.426. The molecule has 2 aromatic heterocycles. The number of carboxylic acid groups (broad SMARTS) is 1. The van der Waals surface area contributed by atoms with Crippen LogP contribution in [0, 0.1) is 22.5 Å². The van der Waals surface area contributed by atoms with Crippen molar-refractivity contribution >= 4 is 35.0 Å². The van der Waals surface area contributed by atoms with E-state index in [1.54, 1.807) is 0 Å². The molecule has 0 radical (unpaired) electrons. The Bertz CT molecular complexity index is 1400. The lowest BCUT2D eigenvalue weighted by atomic mass is 9.53. The van der Waals surface area contributed by atoms with E-state index in [1.165, 1.54) is 24.3 Å². The molecule has 1 aromatic carbocycles. The van der Waals surface area contributed by atoms with E-state index in [1.807, 2.05) is 0 Å². The number of carbonyl (C=O) groups is 3. The number of nitrogens with zero attached hydrogens (tertiary/aromatic N) is 3. The van der Waals surface area contributed by atoms with E-state index in [0.717, 1.165) is 10.7 Å². The van der Waals surface area contributed by atoms with E-state index >= 15 is 0 Å². The SMILES string of the molecule is O=C(NCc1ccc(F)c(Cl)c1)c1cc(C(=O)NCC23CCC(C(=O)O)(CC2)CC3)n2ncc(F)c2n1. The van der Waals surface area contributed by atoms with Crippen molar-refractivity contribution in [3.63, 3.8) is 0 Å². The maximum Gasteiger partial charge on any atom is 0.309 e. The van der Waals surface area contributed by atoms with E-state index in [-0.39, 0.29) is 34.0 Å². The number of aliphatic carboxylic acids is 1. The third-order valence-corrected chi connectivity index (χ3v) is 8.10. The van der Waals surface area contributed by atoms with Gasteiger partial charge in [-0.15, -0.1) is 0 Å². The lowest BCUT2D eigenvalue weighted by molar-refractivity contribution is -0.158. The van der Waals surface area contributed by atoms with Gasteiger partial charge in [0.05, 0.1) is 16.6 Å². The van der Waals surface area contributed by atoms with Gasteiger partial charge in [-0.2, -0.15) is 5.10 Å². The van der Waals surface area contributed by atoms with Crippen molar-refractivity contribution in [2.45, 2.75) is 45.1 Å². The molecular formula is C25H24ClF2N5O4. The van der Waals surface area contributed by atoms with Gasteiger partial charge in [-0.3, -0.25) is 14.4 Å². The van der Waals surface area contributed by atoms with Crippen molar-refractivity contribution in [2.75, 3.05) is 6.54 Å². The second-order valence-corrected chi connectivity index (χ2v) is 10.4. The summed E-state index contributed by atoms with van der Waals surface area (Å²) in [6.45, 7) is 0.345. The third kappa shape index (κ3) is 4.63. The van der Waals surface area contributed by atoms with Gasteiger partial charge in [-0.1, -0.05) is 17.7 Å². The van der Waals surface area contributed by atoms with Crippen LogP contribution in [-0.2, 0) is 11.3 Å². The molecule has 3 N–H and O–H groups in total. The third-order valence-electron chi connectivity index (χ3n) is 7.81. The van der Waals surface area contributed by atoms with E-state index in [9.17, 15) is 28.3 Å². The first-order chi connectivity index (χ1) is 17.6. The molecule has 194 valence electrons. The summed E-state index contributed by atoms with van der Waals surface area (Å²) in [6.07, 6.45) is 4.73. The minimum absolute atomic E-state index is 0.00925. The minimum atomic E-state index is -0.794. The Morgan fingerprint density at radius 1 is 1.00 bits per heavy atom. The van der Waals surface area contributed by atoms with Crippen LogP contribution in [0.25, 0.3) is 5.65 Å². The lowest BCUT2D eigenvalue weighted by Crippen LogP contribution is -2.50. The molecule has 12 heteroatoms. The number of fused-ring (bicyclic) bond motifs is 4. The fourth-order valence-electron chi connectivity index (χ4n) is 5.34.